The molecule has 2 nitrogen and oxygen atoms in total. The summed E-state index contributed by atoms with van der Waals surface area (Å²) in [6.07, 6.45) is 2.65. The third kappa shape index (κ3) is 3.01. The highest BCUT2D eigenvalue weighted by atomic mass is 15.2. The molecule has 0 bridgehead atoms. The van der Waals surface area contributed by atoms with E-state index in [0.29, 0.717) is 6.04 Å². The first kappa shape index (κ1) is 13.1. The molecular formula is C17H26N2. The van der Waals surface area contributed by atoms with Gasteiger partial charge in [-0.3, -0.25) is 4.90 Å². The maximum absolute atomic E-state index is 3.71. The van der Waals surface area contributed by atoms with E-state index in [-0.39, 0.29) is 0 Å². The Morgan fingerprint density at radius 1 is 1.21 bits per heavy atom. The molecule has 3 atom stereocenters. The summed E-state index contributed by atoms with van der Waals surface area (Å²) < 4.78 is 0. The Morgan fingerprint density at radius 3 is 2.74 bits per heavy atom. The summed E-state index contributed by atoms with van der Waals surface area (Å²) in [6, 6.07) is 12.5. The van der Waals surface area contributed by atoms with Gasteiger partial charge in [0, 0.05) is 24.5 Å². The number of rotatable bonds is 3. The molecule has 0 aromatic heterocycles. The Bertz CT molecular complexity index is 401. The summed E-state index contributed by atoms with van der Waals surface area (Å²) in [7, 11) is 0. The van der Waals surface area contributed by atoms with Gasteiger partial charge in [0.1, 0.15) is 0 Å². The third-order valence-corrected chi connectivity index (χ3v) is 4.72. The zero-order valence-electron chi connectivity index (χ0n) is 12.2. The molecule has 0 radical (unpaired) electrons. The molecule has 1 aromatic carbocycles. The SMILES string of the molecule is CC(C)C1CN(C2CC2c2ccccc2)CCCN1. The van der Waals surface area contributed by atoms with E-state index >= 15 is 0 Å². The van der Waals surface area contributed by atoms with E-state index in [2.05, 4.69) is 54.4 Å². The van der Waals surface area contributed by atoms with Gasteiger partial charge in [-0.15, -0.1) is 0 Å². The minimum Gasteiger partial charge on any atom is -0.312 e. The lowest BCUT2D eigenvalue weighted by Crippen LogP contribution is -2.42. The van der Waals surface area contributed by atoms with Crippen LogP contribution in [0.25, 0.3) is 0 Å². The van der Waals surface area contributed by atoms with Gasteiger partial charge in [-0.05, 0) is 37.4 Å². The zero-order valence-corrected chi connectivity index (χ0v) is 12.2. The first-order valence-corrected chi connectivity index (χ1v) is 7.78. The van der Waals surface area contributed by atoms with Gasteiger partial charge in [-0.2, -0.15) is 0 Å². The van der Waals surface area contributed by atoms with E-state index in [9.17, 15) is 0 Å². The van der Waals surface area contributed by atoms with E-state index in [1.165, 1.54) is 38.0 Å². The smallest absolute Gasteiger partial charge is 0.0218 e. The second-order valence-electron chi connectivity index (χ2n) is 6.47. The molecule has 2 aliphatic rings. The van der Waals surface area contributed by atoms with Crippen LogP contribution >= 0.6 is 0 Å². The zero-order chi connectivity index (χ0) is 13.2. The Kier molecular flexibility index (Phi) is 3.90. The normalized spacial score (nSPS) is 32.3. The molecule has 1 aliphatic carbocycles. The third-order valence-electron chi connectivity index (χ3n) is 4.72. The van der Waals surface area contributed by atoms with Crippen molar-refractivity contribution in [3.05, 3.63) is 35.9 Å². The quantitative estimate of drug-likeness (QED) is 0.897. The largest absolute Gasteiger partial charge is 0.312 e. The predicted molar refractivity (Wildman–Crippen MR) is 80.4 cm³/mol. The van der Waals surface area contributed by atoms with Crippen molar-refractivity contribution in [2.24, 2.45) is 5.92 Å². The molecule has 1 heterocycles. The average molecular weight is 258 g/mol. The van der Waals surface area contributed by atoms with Crippen LogP contribution < -0.4 is 5.32 Å². The van der Waals surface area contributed by atoms with Crippen molar-refractivity contribution in [1.29, 1.82) is 0 Å². The van der Waals surface area contributed by atoms with Gasteiger partial charge in [0.2, 0.25) is 0 Å². The Balaban J connectivity index is 1.63. The molecule has 104 valence electrons. The molecule has 2 fully saturated rings. The number of nitrogens with one attached hydrogen (secondary N) is 1. The van der Waals surface area contributed by atoms with Crippen molar-refractivity contribution >= 4 is 0 Å². The Hall–Kier alpha value is -0.860. The molecule has 0 spiro atoms. The van der Waals surface area contributed by atoms with Gasteiger partial charge in [0.05, 0.1) is 0 Å². The van der Waals surface area contributed by atoms with Gasteiger partial charge in [0.15, 0.2) is 0 Å². The van der Waals surface area contributed by atoms with Crippen molar-refractivity contribution in [2.75, 3.05) is 19.6 Å². The standard InChI is InChI=1S/C17H26N2/c1-13(2)16-12-19(10-6-9-18-16)17-11-15(17)14-7-4-3-5-8-14/h3-5,7-8,13,15-18H,6,9-12H2,1-2H3. The average Bonchev–Trinajstić information content (AvgIpc) is 3.22. The van der Waals surface area contributed by atoms with E-state index in [0.717, 1.165) is 17.9 Å². The van der Waals surface area contributed by atoms with Crippen LogP contribution in [-0.4, -0.2) is 36.6 Å². The van der Waals surface area contributed by atoms with E-state index in [1.807, 2.05) is 0 Å². The fraction of sp³-hybridized carbons (Fsp3) is 0.647. The summed E-state index contributed by atoms with van der Waals surface area (Å²) in [6.45, 7) is 8.35. The molecule has 3 unspecified atom stereocenters. The van der Waals surface area contributed by atoms with Crippen molar-refractivity contribution in [3.8, 4) is 0 Å². The van der Waals surface area contributed by atoms with E-state index in [4.69, 9.17) is 0 Å². The highest BCUT2D eigenvalue weighted by Gasteiger charge is 2.43. The highest BCUT2D eigenvalue weighted by Crippen LogP contribution is 2.44. The minimum atomic E-state index is 0.666. The van der Waals surface area contributed by atoms with Crippen molar-refractivity contribution < 1.29 is 0 Å². The second-order valence-corrected chi connectivity index (χ2v) is 6.47. The number of hydrogen-bond donors (Lipinski definition) is 1. The molecule has 3 rings (SSSR count). The van der Waals surface area contributed by atoms with Gasteiger partial charge < -0.3 is 5.32 Å². The monoisotopic (exact) mass is 258 g/mol. The second kappa shape index (κ2) is 5.64. The van der Waals surface area contributed by atoms with Gasteiger partial charge in [-0.1, -0.05) is 44.2 Å². The van der Waals surface area contributed by atoms with Crippen LogP contribution in [0.3, 0.4) is 0 Å². The van der Waals surface area contributed by atoms with Crippen molar-refractivity contribution in [1.82, 2.24) is 10.2 Å². The molecule has 2 heteroatoms. The maximum Gasteiger partial charge on any atom is 0.0218 e. The van der Waals surface area contributed by atoms with Crippen LogP contribution in [0.4, 0.5) is 0 Å². The fourth-order valence-electron chi connectivity index (χ4n) is 3.37. The van der Waals surface area contributed by atoms with Gasteiger partial charge in [-0.25, -0.2) is 0 Å². The molecule has 0 amide bonds. The fourth-order valence-corrected chi connectivity index (χ4v) is 3.37. The lowest BCUT2D eigenvalue weighted by molar-refractivity contribution is 0.233. The number of benzene rings is 1. The summed E-state index contributed by atoms with van der Waals surface area (Å²) in [5, 5.41) is 3.71. The lowest BCUT2D eigenvalue weighted by Gasteiger charge is -2.27. The van der Waals surface area contributed by atoms with Crippen LogP contribution in [-0.2, 0) is 0 Å². The first-order chi connectivity index (χ1) is 9.25. The molecule has 1 aliphatic heterocycles. The van der Waals surface area contributed by atoms with E-state index in [1.54, 1.807) is 0 Å². The summed E-state index contributed by atoms with van der Waals surface area (Å²) in [4.78, 5) is 2.74. The molecule has 1 aromatic rings. The minimum absolute atomic E-state index is 0.666. The van der Waals surface area contributed by atoms with Crippen LogP contribution in [0.2, 0.25) is 0 Å². The summed E-state index contributed by atoms with van der Waals surface area (Å²) in [5.41, 5.74) is 1.53. The topological polar surface area (TPSA) is 15.3 Å². The Labute approximate surface area is 117 Å². The predicted octanol–water partition coefficient (Wildman–Crippen LogP) is 2.86. The van der Waals surface area contributed by atoms with Crippen LogP contribution in [0.15, 0.2) is 30.3 Å². The first-order valence-electron chi connectivity index (χ1n) is 7.78. The van der Waals surface area contributed by atoms with Crippen LogP contribution in [0, 0.1) is 5.92 Å². The number of nitrogens with zero attached hydrogens (tertiary/aromatic N) is 1. The van der Waals surface area contributed by atoms with Crippen LogP contribution in [0.1, 0.15) is 38.2 Å². The summed E-state index contributed by atoms with van der Waals surface area (Å²) >= 11 is 0. The maximum atomic E-state index is 3.71. The van der Waals surface area contributed by atoms with Crippen LogP contribution in [0.5, 0.6) is 0 Å². The molecule has 1 N–H and O–H groups in total. The molecule has 19 heavy (non-hydrogen) atoms. The molecular weight excluding hydrogens is 232 g/mol. The van der Waals surface area contributed by atoms with Gasteiger partial charge in [0.25, 0.3) is 0 Å². The van der Waals surface area contributed by atoms with Crippen molar-refractivity contribution in [3.63, 3.8) is 0 Å². The lowest BCUT2D eigenvalue weighted by atomic mass is 10.0. The number of hydrogen-bond acceptors (Lipinski definition) is 2. The summed E-state index contributed by atoms with van der Waals surface area (Å²) in [5.74, 6) is 1.52. The highest BCUT2D eigenvalue weighted by molar-refractivity contribution is 5.27. The molecule has 1 saturated heterocycles. The Morgan fingerprint density at radius 2 is 2.00 bits per heavy atom. The van der Waals surface area contributed by atoms with Crippen molar-refractivity contribution in [2.45, 2.75) is 44.7 Å². The molecule has 1 saturated carbocycles. The van der Waals surface area contributed by atoms with E-state index < -0.39 is 0 Å². The van der Waals surface area contributed by atoms with Gasteiger partial charge >= 0.3 is 0 Å².